The van der Waals surface area contributed by atoms with E-state index in [0.29, 0.717) is 0 Å². The van der Waals surface area contributed by atoms with Gasteiger partial charge in [0.1, 0.15) is 0 Å². The fourth-order valence-corrected chi connectivity index (χ4v) is 0. The average Bonchev–Trinajstić information content (AvgIpc) is 1.73. The lowest BCUT2D eigenvalue weighted by atomic mass is 11.8. The standard InChI is InChI=1S/CH4O3S.H4N2/c1-4-5(2)3;1-2/h1H3,(H,2,3);1-2H2. The summed E-state index contributed by atoms with van der Waals surface area (Å²) in [6.07, 6.45) is 0. The van der Waals surface area contributed by atoms with Crippen molar-refractivity contribution in [3.8, 4) is 0 Å². The minimum atomic E-state index is -2.07. The van der Waals surface area contributed by atoms with Crippen LogP contribution < -0.4 is 11.7 Å². The van der Waals surface area contributed by atoms with Gasteiger partial charge in [-0.15, -0.1) is 0 Å². The Morgan fingerprint density at radius 1 is 1.71 bits per heavy atom. The summed E-state index contributed by atoms with van der Waals surface area (Å²) in [7, 11) is 1.15. The second-order valence-electron chi connectivity index (χ2n) is 0.384. The van der Waals surface area contributed by atoms with E-state index in [1.165, 1.54) is 0 Å². The van der Waals surface area contributed by atoms with E-state index in [4.69, 9.17) is 4.55 Å². The van der Waals surface area contributed by atoms with E-state index in [9.17, 15) is 4.21 Å². The first-order valence-electron chi connectivity index (χ1n) is 1.26. The number of rotatable bonds is 1. The summed E-state index contributed by atoms with van der Waals surface area (Å²) < 4.78 is 20.6. The second kappa shape index (κ2) is 9.37. The molecule has 5 N–H and O–H groups in total. The summed E-state index contributed by atoms with van der Waals surface area (Å²) in [4.78, 5) is 0. The summed E-state index contributed by atoms with van der Waals surface area (Å²) in [5.74, 6) is 8.00. The molecule has 6 heteroatoms. The van der Waals surface area contributed by atoms with E-state index in [-0.39, 0.29) is 0 Å². The van der Waals surface area contributed by atoms with Gasteiger partial charge in [-0.1, -0.05) is 0 Å². The molecule has 0 aromatic heterocycles. The van der Waals surface area contributed by atoms with E-state index in [0.717, 1.165) is 7.11 Å². The van der Waals surface area contributed by atoms with E-state index >= 15 is 0 Å². The molecule has 5 nitrogen and oxygen atoms in total. The van der Waals surface area contributed by atoms with Gasteiger partial charge in [-0.2, -0.15) is 4.21 Å². The largest absolute Gasteiger partial charge is 0.301 e. The Morgan fingerprint density at radius 2 is 1.86 bits per heavy atom. The highest BCUT2D eigenvalue weighted by Crippen LogP contribution is 1.64. The van der Waals surface area contributed by atoms with E-state index < -0.39 is 11.4 Å². The molecule has 0 aromatic carbocycles. The van der Waals surface area contributed by atoms with E-state index in [2.05, 4.69) is 15.9 Å². The maximum atomic E-state index is 9.26. The molecule has 0 aromatic rings. The smallest absolute Gasteiger partial charge is 0.284 e. The molecule has 0 aliphatic carbocycles. The van der Waals surface area contributed by atoms with E-state index in [1.54, 1.807) is 0 Å². The van der Waals surface area contributed by atoms with Gasteiger partial charge < -0.3 is 0 Å². The molecule has 0 radical (unpaired) electrons. The van der Waals surface area contributed by atoms with Crippen LogP contribution in [0.4, 0.5) is 0 Å². The normalized spacial score (nSPS) is 11.4. The quantitative estimate of drug-likeness (QED) is 0.229. The Labute approximate surface area is 44.1 Å². The summed E-state index contributed by atoms with van der Waals surface area (Å²) in [5, 5.41) is 0. The molecular formula is CH8N2O3S. The Kier molecular flexibility index (Phi) is 13.5. The number of hydrogen-bond donors (Lipinski definition) is 3. The van der Waals surface area contributed by atoms with E-state index in [1.807, 2.05) is 0 Å². The van der Waals surface area contributed by atoms with Crippen LogP contribution in [0.25, 0.3) is 0 Å². The van der Waals surface area contributed by atoms with Crippen molar-refractivity contribution < 1.29 is 12.9 Å². The average molecular weight is 128 g/mol. The van der Waals surface area contributed by atoms with Crippen molar-refractivity contribution in [3.05, 3.63) is 0 Å². The molecule has 46 valence electrons. The zero-order valence-electron chi connectivity index (χ0n) is 3.83. The van der Waals surface area contributed by atoms with Gasteiger partial charge in [-0.25, -0.2) is 0 Å². The van der Waals surface area contributed by atoms with Crippen molar-refractivity contribution in [3.63, 3.8) is 0 Å². The first-order valence-corrected chi connectivity index (χ1v) is 2.29. The third-order valence-corrected chi connectivity index (χ3v) is 0.428. The van der Waals surface area contributed by atoms with Gasteiger partial charge in [0.25, 0.3) is 0 Å². The first-order chi connectivity index (χ1) is 3.27. The van der Waals surface area contributed by atoms with Crippen LogP contribution in [-0.2, 0) is 15.5 Å². The lowest BCUT2D eigenvalue weighted by molar-refractivity contribution is 0.379. The SMILES string of the molecule is COS(=O)O.NN. The van der Waals surface area contributed by atoms with Crippen molar-refractivity contribution in [2.45, 2.75) is 0 Å². The molecule has 0 aliphatic rings. The van der Waals surface area contributed by atoms with Crippen molar-refractivity contribution in [2.75, 3.05) is 7.11 Å². The van der Waals surface area contributed by atoms with Gasteiger partial charge in [0.05, 0.1) is 7.11 Å². The molecule has 0 amide bonds. The van der Waals surface area contributed by atoms with Gasteiger partial charge >= 0.3 is 11.4 Å². The van der Waals surface area contributed by atoms with Gasteiger partial charge in [0.15, 0.2) is 0 Å². The van der Waals surface area contributed by atoms with Crippen LogP contribution in [0, 0.1) is 0 Å². The molecule has 0 saturated carbocycles. The third-order valence-electron chi connectivity index (χ3n) is 0.143. The predicted molar refractivity (Wildman–Crippen MR) is 26.2 cm³/mol. The summed E-state index contributed by atoms with van der Waals surface area (Å²) >= 11 is -2.07. The molecule has 0 bridgehead atoms. The molecule has 0 saturated heterocycles. The summed E-state index contributed by atoms with van der Waals surface area (Å²) in [6.45, 7) is 0. The summed E-state index contributed by atoms with van der Waals surface area (Å²) in [5.41, 5.74) is 0. The Bertz CT molecular complexity index is 48.2. The molecule has 1 atom stereocenters. The number of hydrogen-bond acceptors (Lipinski definition) is 4. The van der Waals surface area contributed by atoms with Crippen LogP contribution in [0.5, 0.6) is 0 Å². The zero-order valence-corrected chi connectivity index (χ0v) is 4.64. The highest BCUT2D eigenvalue weighted by Gasteiger charge is 1.75. The topological polar surface area (TPSA) is 98.6 Å². The monoisotopic (exact) mass is 128 g/mol. The Balaban J connectivity index is 0. The second-order valence-corrected chi connectivity index (χ2v) is 1.15. The molecule has 1 unspecified atom stereocenters. The fourth-order valence-electron chi connectivity index (χ4n) is 0. The molecular weight excluding hydrogens is 120 g/mol. The van der Waals surface area contributed by atoms with Gasteiger partial charge in [-0.05, 0) is 0 Å². The summed E-state index contributed by atoms with van der Waals surface area (Å²) in [6, 6.07) is 0. The number of hydrazine groups is 1. The lowest BCUT2D eigenvalue weighted by Gasteiger charge is -1.76. The minimum Gasteiger partial charge on any atom is -0.284 e. The van der Waals surface area contributed by atoms with Crippen LogP contribution in [-0.4, -0.2) is 15.9 Å². The van der Waals surface area contributed by atoms with Crippen molar-refractivity contribution in [1.29, 1.82) is 0 Å². The maximum Gasteiger partial charge on any atom is 0.301 e. The molecule has 0 aliphatic heterocycles. The molecule has 7 heavy (non-hydrogen) atoms. The molecule has 0 spiro atoms. The highest BCUT2D eigenvalue weighted by molar-refractivity contribution is 7.74. The zero-order chi connectivity index (χ0) is 6.28. The predicted octanol–water partition coefficient (Wildman–Crippen LogP) is -1.41. The van der Waals surface area contributed by atoms with Crippen LogP contribution in [0.3, 0.4) is 0 Å². The van der Waals surface area contributed by atoms with Crippen LogP contribution in [0.15, 0.2) is 0 Å². The van der Waals surface area contributed by atoms with Crippen LogP contribution >= 0.6 is 0 Å². The Morgan fingerprint density at radius 3 is 1.86 bits per heavy atom. The number of nitrogens with two attached hydrogens (primary N) is 2. The van der Waals surface area contributed by atoms with Gasteiger partial charge in [0.2, 0.25) is 0 Å². The maximum absolute atomic E-state index is 9.26. The van der Waals surface area contributed by atoms with Crippen molar-refractivity contribution >= 4 is 11.4 Å². The Hall–Kier alpha value is -0.0100. The minimum absolute atomic E-state index is 1.15. The molecule has 0 heterocycles. The molecule has 0 rings (SSSR count). The van der Waals surface area contributed by atoms with Crippen LogP contribution in [0.2, 0.25) is 0 Å². The molecule has 0 fully saturated rings. The van der Waals surface area contributed by atoms with Gasteiger partial charge in [0, 0.05) is 0 Å². The first kappa shape index (κ1) is 10.1. The highest BCUT2D eigenvalue weighted by atomic mass is 32.2. The lowest BCUT2D eigenvalue weighted by Crippen LogP contribution is -2.02. The van der Waals surface area contributed by atoms with Gasteiger partial charge in [-0.3, -0.25) is 20.4 Å². The third kappa shape index (κ3) is 24.1. The van der Waals surface area contributed by atoms with Crippen LogP contribution in [0.1, 0.15) is 0 Å². The van der Waals surface area contributed by atoms with Crippen molar-refractivity contribution in [2.24, 2.45) is 11.7 Å². The van der Waals surface area contributed by atoms with Crippen molar-refractivity contribution in [1.82, 2.24) is 0 Å². The fraction of sp³-hybridized carbons (Fsp3) is 1.00.